The number of aromatic nitrogens is 4. The van der Waals surface area contributed by atoms with E-state index in [-0.39, 0.29) is 22.5 Å². The standard InChI is InChI=1S/C22H32N6O3/c1-5-19(29)28-11-9-27(10-12-28)8-6-7-18-24-16(20(26-18)14(2)3)13-17-22(31)23-15(4)21(30)25-17/h13-14H,4-12H2,1-3H3,(H,23,31)(H,24,26)(H,25,30). The lowest BCUT2D eigenvalue weighted by Gasteiger charge is -2.34. The van der Waals surface area contributed by atoms with E-state index in [4.69, 9.17) is 0 Å². The van der Waals surface area contributed by atoms with Crippen LogP contribution in [0.3, 0.4) is 0 Å². The fourth-order valence-electron chi connectivity index (χ4n) is 3.79. The Labute approximate surface area is 180 Å². The third kappa shape index (κ3) is 5.61. The van der Waals surface area contributed by atoms with Crippen LogP contribution in [0, 0.1) is 0 Å². The van der Waals surface area contributed by atoms with Crippen molar-refractivity contribution >= 4 is 18.6 Å². The zero-order valence-corrected chi connectivity index (χ0v) is 18.6. The smallest absolute Gasteiger partial charge is 0.272 e. The number of rotatable bonds is 7. The maximum atomic E-state index is 12.2. The number of piperazine rings is 1. The number of hydrogen-bond donors (Lipinski definition) is 3. The normalized spacial score (nSPS) is 15.7. The van der Waals surface area contributed by atoms with Crippen molar-refractivity contribution in [3.63, 3.8) is 0 Å². The SMILES string of the molecule is C=c1[nH]c(=O)c(=Cc2nc(CCCN3CCN(C(=O)CC)CC3)[nH]c2C(C)C)[nH]c1=O. The van der Waals surface area contributed by atoms with Gasteiger partial charge in [0.15, 0.2) is 0 Å². The summed E-state index contributed by atoms with van der Waals surface area (Å²) in [5.41, 5.74) is 0.772. The van der Waals surface area contributed by atoms with E-state index in [1.54, 1.807) is 6.08 Å². The lowest BCUT2D eigenvalue weighted by Crippen LogP contribution is -2.48. The van der Waals surface area contributed by atoms with Crippen molar-refractivity contribution in [1.29, 1.82) is 0 Å². The topological polar surface area (TPSA) is 118 Å². The molecule has 2 aromatic heterocycles. The summed E-state index contributed by atoms with van der Waals surface area (Å²) in [4.78, 5) is 53.2. The molecule has 168 valence electrons. The number of carbonyl (C=O) groups excluding carboxylic acids is 1. The molecule has 0 saturated carbocycles. The van der Waals surface area contributed by atoms with E-state index in [9.17, 15) is 14.4 Å². The fraction of sp³-hybridized carbons (Fsp3) is 0.545. The fourth-order valence-corrected chi connectivity index (χ4v) is 3.79. The molecule has 9 nitrogen and oxygen atoms in total. The highest BCUT2D eigenvalue weighted by Crippen LogP contribution is 2.18. The molecule has 1 saturated heterocycles. The van der Waals surface area contributed by atoms with Crippen molar-refractivity contribution in [1.82, 2.24) is 29.7 Å². The molecule has 0 radical (unpaired) electrons. The Bertz CT molecular complexity index is 1140. The predicted molar refractivity (Wildman–Crippen MR) is 120 cm³/mol. The van der Waals surface area contributed by atoms with Gasteiger partial charge in [0.2, 0.25) is 5.91 Å². The van der Waals surface area contributed by atoms with E-state index >= 15 is 0 Å². The highest BCUT2D eigenvalue weighted by molar-refractivity contribution is 5.75. The van der Waals surface area contributed by atoms with Crippen molar-refractivity contribution in [2.45, 2.75) is 46.0 Å². The van der Waals surface area contributed by atoms with Crippen molar-refractivity contribution in [3.8, 4) is 0 Å². The second kappa shape index (κ2) is 9.91. The average Bonchev–Trinajstić information content (AvgIpc) is 3.15. The Kier molecular flexibility index (Phi) is 7.27. The number of nitrogens with zero attached hydrogens (tertiary/aromatic N) is 3. The highest BCUT2D eigenvalue weighted by Gasteiger charge is 2.19. The molecule has 9 heteroatoms. The van der Waals surface area contributed by atoms with Crippen LogP contribution < -0.4 is 21.8 Å². The van der Waals surface area contributed by atoms with Crippen LogP contribution in [0.5, 0.6) is 0 Å². The summed E-state index contributed by atoms with van der Waals surface area (Å²) in [6.45, 7) is 13.9. The molecule has 3 N–H and O–H groups in total. The van der Waals surface area contributed by atoms with Crippen LogP contribution in [-0.4, -0.2) is 68.4 Å². The van der Waals surface area contributed by atoms with Crippen LogP contribution in [0.15, 0.2) is 9.59 Å². The van der Waals surface area contributed by atoms with Gasteiger partial charge in [0.1, 0.15) is 11.2 Å². The molecule has 1 aliphatic rings. The summed E-state index contributed by atoms with van der Waals surface area (Å²) in [5, 5.41) is 0.200. The molecule has 0 atom stereocenters. The van der Waals surface area contributed by atoms with Gasteiger partial charge in [-0.25, -0.2) is 4.98 Å². The number of aromatic amines is 3. The first-order chi connectivity index (χ1) is 14.8. The Morgan fingerprint density at radius 3 is 2.48 bits per heavy atom. The highest BCUT2D eigenvalue weighted by atomic mass is 16.2. The zero-order valence-electron chi connectivity index (χ0n) is 18.6. The average molecular weight is 429 g/mol. The number of hydrogen-bond acceptors (Lipinski definition) is 5. The molecule has 0 spiro atoms. The molecule has 1 amide bonds. The largest absolute Gasteiger partial charge is 0.345 e. The second-order valence-corrected chi connectivity index (χ2v) is 8.26. The minimum Gasteiger partial charge on any atom is -0.345 e. The van der Waals surface area contributed by atoms with Crippen LogP contribution in [0.4, 0.5) is 0 Å². The second-order valence-electron chi connectivity index (χ2n) is 8.26. The van der Waals surface area contributed by atoms with Crippen molar-refractivity contribution < 1.29 is 4.79 Å². The summed E-state index contributed by atoms with van der Waals surface area (Å²) in [6, 6.07) is 0. The Morgan fingerprint density at radius 2 is 1.84 bits per heavy atom. The Balaban J connectivity index is 1.66. The summed E-state index contributed by atoms with van der Waals surface area (Å²) in [7, 11) is 0. The third-order valence-corrected chi connectivity index (χ3v) is 5.62. The summed E-state index contributed by atoms with van der Waals surface area (Å²) < 4.78 is 0. The van der Waals surface area contributed by atoms with E-state index in [0.717, 1.165) is 57.1 Å². The third-order valence-electron chi connectivity index (χ3n) is 5.62. The molecule has 31 heavy (non-hydrogen) atoms. The van der Waals surface area contributed by atoms with Crippen molar-refractivity contribution in [2.24, 2.45) is 0 Å². The molecule has 1 fully saturated rings. The van der Waals surface area contributed by atoms with Gasteiger partial charge in [0.25, 0.3) is 11.1 Å². The maximum absolute atomic E-state index is 12.2. The molecule has 3 rings (SSSR count). The molecular formula is C22H32N6O3. The Hall–Kier alpha value is -2.94. The molecule has 3 heterocycles. The lowest BCUT2D eigenvalue weighted by molar-refractivity contribution is -0.132. The molecule has 0 bridgehead atoms. The summed E-state index contributed by atoms with van der Waals surface area (Å²) in [6.07, 6.45) is 3.90. The van der Waals surface area contributed by atoms with Gasteiger partial charge < -0.3 is 19.9 Å². The van der Waals surface area contributed by atoms with E-state index in [1.165, 1.54) is 0 Å². The number of carbonyl (C=O) groups is 1. The molecule has 0 unspecified atom stereocenters. The van der Waals surface area contributed by atoms with Crippen molar-refractivity contribution in [2.75, 3.05) is 32.7 Å². The first-order valence-electron chi connectivity index (χ1n) is 10.9. The van der Waals surface area contributed by atoms with Gasteiger partial charge in [-0.2, -0.15) is 0 Å². The first kappa shape index (κ1) is 22.7. The lowest BCUT2D eigenvalue weighted by atomic mass is 10.1. The number of aryl methyl sites for hydroxylation is 1. The van der Waals surface area contributed by atoms with Crippen LogP contribution in [0.2, 0.25) is 0 Å². The summed E-state index contributed by atoms with van der Waals surface area (Å²) in [5.74, 6) is 1.28. The van der Waals surface area contributed by atoms with Gasteiger partial charge in [-0.05, 0) is 25.0 Å². The number of H-pyrrole nitrogens is 3. The van der Waals surface area contributed by atoms with Crippen LogP contribution in [0.1, 0.15) is 56.7 Å². The molecule has 0 aromatic carbocycles. The number of imidazole rings is 1. The van der Waals surface area contributed by atoms with Gasteiger partial charge >= 0.3 is 0 Å². The van der Waals surface area contributed by atoms with E-state index < -0.39 is 11.1 Å². The summed E-state index contributed by atoms with van der Waals surface area (Å²) >= 11 is 0. The molecule has 1 aliphatic heterocycles. The first-order valence-corrected chi connectivity index (χ1v) is 10.9. The molecule has 2 aromatic rings. The Morgan fingerprint density at radius 1 is 1.13 bits per heavy atom. The van der Waals surface area contributed by atoms with E-state index in [0.29, 0.717) is 12.1 Å². The predicted octanol–water partition coefficient (Wildman–Crippen LogP) is -0.364. The minimum atomic E-state index is -0.423. The van der Waals surface area contributed by atoms with Gasteiger partial charge in [-0.15, -0.1) is 0 Å². The van der Waals surface area contributed by atoms with E-state index in [2.05, 4.69) is 45.3 Å². The maximum Gasteiger partial charge on any atom is 0.272 e. The van der Waals surface area contributed by atoms with Crippen LogP contribution in [0.25, 0.3) is 12.7 Å². The van der Waals surface area contributed by atoms with Crippen molar-refractivity contribution in [3.05, 3.63) is 48.6 Å². The van der Waals surface area contributed by atoms with Crippen LogP contribution >= 0.6 is 0 Å². The molecular weight excluding hydrogens is 396 g/mol. The van der Waals surface area contributed by atoms with Gasteiger partial charge in [-0.3, -0.25) is 19.3 Å². The number of nitrogens with one attached hydrogen (secondary N) is 3. The van der Waals surface area contributed by atoms with Crippen LogP contribution in [-0.2, 0) is 11.2 Å². The molecule has 0 aliphatic carbocycles. The van der Waals surface area contributed by atoms with Gasteiger partial charge in [0.05, 0.1) is 11.0 Å². The quantitative estimate of drug-likeness (QED) is 0.556. The van der Waals surface area contributed by atoms with E-state index in [1.807, 2.05) is 11.8 Å². The zero-order chi connectivity index (χ0) is 22.5. The number of amides is 1. The monoisotopic (exact) mass is 428 g/mol. The van der Waals surface area contributed by atoms with Gasteiger partial charge in [0, 0.05) is 44.7 Å². The van der Waals surface area contributed by atoms with Gasteiger partial charge in [-0.1, -0.05) is 27.4 Å². The minimum absolute atomic E-state index is 0.0360.